The highest BCUT2D eigenvalue weighted by Crippen LogP contribution is 2.16. The molecule has 1 aliphatic heterocycles. The molecule has 0 saturated carbocycles. The van der Waals surface area contributed by atoms with E-state index in [9.17, 15) is 13.6 Å². The van der Waals surface area contributed by atoms with Gasteiger partial charge in [0.25, 0.3) is 0 Å². The minimum Gasteiger partial charge on any atom is -0.367 e. The van der Waals surface area contributed by atoms with E-state index >= 15 is 0 Å². The lowest BCUT2D eigenvalue weighted by Crippen LogP contribution is -2.48. The summed E-state index contributed by atoms with van der Waals surface area (Å²) in [5.74, 6) is -1.87. The lowest BCUT2D eigenvalue weighted by molar-refractivity contribution is -0.0256. The highest BCUT2D eigenvalue weighted by Gasteiger charge is 2.29. The average Bonchev–Trinajstić information content (AvgIpc) is 2.37. The Morgan fingerprint density at radius 2 is 1.95 bits per heavy atom. The van der Waals surface area contributed by atoms with Gasteiger partial charge < -0.3 is 4.74 Å². The van der Waals surface area contributed by atoms with E-state index in [0.29, 0.717) is 19.2 Å². The van der Waals surface area contributed by atoms with Crippen molar-refractivity contribution in [1.29, 1.82) is 0 Å². The molecule has 0 bridgehead atoms. The highest BCUT2D eigenvalue weighted by atomic mass is 19.1. The van der Waals surface area contributed by atoms with Crippen molar-refractivity contribution in [3.63, 3.8) is 0 Å². The van der Waals surface area contributed by atoms with Gasteiger partial charge in [-0.25, -0.2) is 8.78 Å². The zero-order valence-electron chi connectivity index (χ0n) is 11.0. The van der Waals surface area contributed by atoms with Crippen LogP contribution in [0.4, 0.5) is 8.78 Å². The number of rotatable bonds is 3. The van der Waals surface area contributed by atoms with Gasteiger partial charge in [0, 0.05) is 30.8 Å². The van der Waals surface area contributed by atoms with Gasteiger partial charge in [0.05, 0.1) is 6.61 Å². The first kappa shape index (κ1) is 14.1. The van der Waals surface area contributed by atoms with Gasteiger partial charge >= 0.3 is 0 Å². The van der Waals surface area contributed by atoms with Gasteiger partial charge in [0.2, 0.25) is 0 Å². The molecule has 1 aromatic rings. The lowest BCUT2D eigenvalue weighted by Gasteiger charge is -2.34. The van der Waals surface area contributed by atoms with Crippen LogP contribution in [0.5, 0.6) is 0 Å². The maximum atomic E-state index is 13.1. The van der Waals surface area contributed by atoms with Gasteiger partial charge in [-0.05, 0) is 26.0 Å². The molecule has 3 nitrogen and oxygen atoms in total. The molecule has 2 rings (SSSR count). The van der Waals surface area contributed by atoms with Crippen molar-refractivity contribution in [3.8, 4) is 0 Å². The van der Waals surface area contributed by atoms with Crippen LogP contribution in [-0.4, -0.2) is 42.5 Å². The van der Waals surface area contributed by atoms with E-state index in [4.69, 9.17) is 4.74 Å². The van der Waals surface area contributed by atoms with Crippen LogP contribution in [0.2, 0.25) is 0 Å². The number of hydrogen-bond donors (Lipinski definition) is 0. The van der Waals surface area contributed by atoms with Crippen LogP contribution in [0.3, 0.4) is 0 Å². The predicted molar refractivity (Wildman–Crippen MR) is 67.1 cm³/mol. The third-order valence-corrected chi connectivity index (χ3v) is 3.27. The third-order valence-electron chi connectivity index (χ3n) is 3.27. The number of carbonyl (C=O) groups is 1. The van der Waals surface area contributed by atoms with Crippen molar-refractivity contribution >= 4 is 5.78 Å². The smallest absolute Gasteiger partial charge is 0.193 e. The van der Waals surface area contributed by atoms with Crippen LogP contribution in [0.15, 0.2) is 18.2 Å². The molecule has 0 aromatic heterocycles. The normalized spacial score (nSPS) is 20.8. The maximum absolute atomic E-state index is 13.1. The van der Waals surface area contributed by atoms with Gasteiger partial charge in [-0.2, -0.15) is 0 Å². The number of carbonyl (C=O) groups excluding carboxylic acids is 1. The number of halogens is 2. The molecule has 0 spiro atoms. The molecular formula is C14H17F2NO2. The molecule has 0 amide bonds. The molecule has 104 valence electrons. The van der Waals surface area contributed by atoms with Crippen LogP contribution in [-0.2, 0) is 4.74 Å². The second kappa shape index (κ2) is 5.75. The van der Waals surface area contributed by atoms with Crippen molar-refractivity contribution in [1.82, 2.24) is 4.90 Å². The standard InChI is InChI=1S/C14H17F2NO2/c1-9(2)17-3-4-19-13(8-17)14(18)10-5-11(15)7-12(16)6-10/h5-7,9,13H,3-4,8H2,1-2H3. The van der Waals surface area contributed by atoms with Crippen molar-refractivity contribution in [2.24, 2.45) is 0 Å². The van der Waals surface area contributed by atoms with Crippen molar-refractivity contribution in [2.75, 3.05) is 19.7 Å². The fourth-order valence-corrected chi connectivity index (χ4v) is 2.18. The fourth-order valence-electron chi connectivity index (χ4n) is 2.18. The number of nitrogens with zero attached hydrogens (tertiary/aromatic N) is 1. The highest BCUT2D eigenvalue weighted by molar-refractivity contribution is 5.99. The van der Waals surface area contributed by atoms with E-state index in [1.807, 2.05) is 13.8 Å². The second-order valence-corrected chi connectivity index (χ2v) is 4.97. The molecular weight excluding hydrogens is 252 g/mol. The first-order valence-electron chi connectivity index (χ1n) is 6.33. The SMILES string of the molecule is CC(C)N1CCOC(C(=O)c2cc(F)cc(F)c2)C1. The topological polar surface area (TPSA) is 29.5 Å². The number of hydrogen-bond acceptors (Lipinski definition) is 3. The minimum atomic E-state index is -0.750. The number of Topliss-reactive ketones (excluding diaryl/α,β-unsaturated/α-hetero) is 1. The number of ketones is 1. The molecule has 1 aliphatic rings. The summed E-state index contributed by atoms with van der Waals surface area (Å²) in [6.45, 7) is 5.74. The molecule has 1 aromatic carbocycles. The molecule has 1 heterocycles. The Morgan fingerprint density at radius 3 is 2.53 bits per heavy atom. The Morgan fingerprint density at radius 1 is 1.32 bits per heavy atom. The molecule has 0 aliphatic carbocycles. The maximum Gasteiger partial charge on any atom is 0.193 e. The van der Waals surface area contributed by atoms with E-state index in [1.165, 1.54) is 0 Å². The van der Waals surface area contributed by atoms with Crippen LogP contribution in [0.1, 0.15) is 24.2 Å². The summed E-state index contributed by atoms with van der Waals surface area (Å²) in [5.41, 5.74) is 0.0214. The molecule has 0 N–H and O–H groups in total. The largest absolute Gasteiger partial charge is 0.367 e. The van der Waals surface area contributed by atoms with Crippen LogP contribution < -0.4 is 0 Å². The first-order chi connectivity index (χ1) is 8.97. The first-order valence-corrected chi connectivity index (χ1v) is 6.33. The van der Waals surface area contributed by atoms with Crippen molar-refractivity contribution in [3.05, 3.63) is 35.4 Å². The van der Waals surface area contributed by atoms with E-state index in [1.54, 1.807) is 0 Å². The molecule has 1 fully saturated rings. The van der Waals surface area contributed by atoms with E-state index < -0.39 is 17.7 Å². The van der Waals surface area contributed by atoms with Crippen molar-refractivity contribution in [2.45, 2.75) is 26.0 Å². The fraction of sp³-hybridized carbons (Fsp3) is 0.500. The van der Waals surface area contributed by atoms with E-state index in [2.05, 4.69) is 4.90 Å². The van der Waals surface area contributed by atoms with Gasteiger partial charge in [0.1, 0.15) is 17.7 Å². The Balaban J connectivity index is 2.14. The quantitative estimate of drug-likeness (QED) is 0.788. The zero-order chi connectivity index (χ0) is 14.0. The van der Waals surface area contributed by atoms with Crippen molar-refractivity contribution < 1.29 is 18.3 Å². The van der Waals surface area contributed by atoms with Gasteiger partial charge in [-0.1, -0.05) is 0 Å². The number of morpholine rings is 1. The minimum absolute atomic E-state index is 0.0214. The lowest BCUT2D eigenvalue weighted by atomic mass is 10.0. The summed E-state index contributed by atoms with van der Waals surface area (Å²) < 4.78 is 31.7. The Hall–Kier alpha value is -1.33. The summed E-state index contributed by atoms with van der Waals surface area (Å²) >= 11 is 0. The third kappa shape index (κ3) is 3.36. The molecule has 19 heavy (non-hydrogen) atoms. The summed E-state index contributed by atoms with van der Waals surface area (Å²) in [6.07, 6.45) is -0.655. The second-order valence-electron chi connectivity index (χ2n) is 4.97. The van der Waals surface area contributed by atoms with E-state index in [-0.39, 0.29) is 11.3 Å². The monoisotopic (exact) mass is 269 g/mol. The molecule has 1 saturated heterocycles. The van der Waals surface area contributed by atoms with Crippen LogP contribution in [0, 0.1) is 11.6 Å². The summed E-state index contributed by atoms with van der Waals surface area (Å²) in [5, 5.41) is 0. The van der Waals surface area contributed by atoms with E-state index in [0.717, 1.165) is 24.7 Å². The van der Waals surface area contributed by atoms with Crippen LogP contribution in [0.25, 0.3) is 0 Å². The summed E-state index contributed by atoms with van der Waals surface area (Å²) in [7, 11) is 0. The van der Waals surface area contributed by atoms with Gasteiger partial charge in [-0.15, -0.1) is 0 Å². The summed E-state index contributed by atoms with van der Waals surface area (Å²) in [4.78, 5) is 14.3. The molecule has 1 atom stereocenters. The molecule has 5 heteroatoms. The Kier molecular flexibility index (Phi) is 4.27. The van der Waals surface area contributed by atoms with Crippen LogP contribution >= 0.6 is 0 Å². The van der Waals surface area contributed by atoms with Gasteiger partial charge in [-0.3, -0.25) is 9.69 Å². The number of ether oxygens (including phenoxy) is 1. The molecule has 1 unspecified atom stereocenters. The predicted octanol–water partition coefficient (Wildman–Crippen LogP) is 2.26. The zero-order valence-corrected chi connectivity index (χ0v) is 11.0. The van der Waals surface area contributed by atoms with Gasteiger partial charge in [0.15, 0.2) is 5.78 Å². The number of benzene rings is 1. The Labute approximate surface area is 111 Å². The summed E-state index contributed by atoms with van der Waals surface area (Å²) in [6, 6.07) is 3.15. The average molecular weight is 269 g/mol. The Bertz CT molecular complexity index is 456. The molecule has 0 radical (unpaired) electrons.